The number of hydrazone groups is 1. The molecule has 8 nitrogen and oxygen atoms in total. The van der Waals surface area contributed by atoms with Crippen molar-refractivity contribution in [2.45, 2.75) is 13.0 Å². The SMILES string of the molecule is COc1cc(C=NNC(=O)C(=O)Nc2ccc(CC#N)cc2)cc(Br)c1OCc1cccc2ccccc12. The molecule has 0 bridgehead atoms. The number of ether oxygens (including phenoxy) is 2. The van der Waals surface area contributed by atoms with Gasteiger partial charge in [0.05, 0.1) is 30.3 Å². The molecule has 0 aromatic heterocycles. The lowest BCUT2D eigenvalue weighted by atomic mass is 10.1. The van der Waals surface area contributed by atoms with Gasteiger partial charge in [-0.1, -0.05) is 54.6 Å². The monoisotopic (exact) mass is 570 g/mol. The van der Waals surface area contributed by atoms with Gasteiger partial charge in [-0.15, -0.1) is 0 Å². The van der Waals surface area contributed by atoms with Gasteiger partial charge in [-0.25, -0.2) is 5.43 Å². The number of hydrogen-bond donors (Lipinski definition) is 2. The number of carbonyl (C=O) groups is 2. The minimum Gasteiger partial charge on any atom is -0.493 e. The second-order valence-corrected chi connectivity index (χ2v) is 9.00. The van der Waals surface area contributed by atoms with Crippen molar-refractivity contribution in [2.75, 3.05) is 12.4 Å². The van der Waals surface area contributed by atoms with Crippen molar-refractivity contribution in [2.24, 2.45) is 5.10 Å². The van der Waals surface area contributed by atoms with Crippen LogP contribution in [0.4, 0.5) is 5.69 Å². The molecule has 38 heavy (non-hydrogen) atoms. The van der Waals surface area contributed by atoms with E-state index in [0.29, 0.717) is 33.8 Å². The van der Waals surface area contributed by atoms with Gasteiger partial charge in [0.1, 0.15) is 6.61 Å². The van der Waals surface area contributed by atoms with Crippen molar-refractivity contribution >= 4 is 50.4 Å². The Hall–Kier alpha value is -4.68. The summed E-state index contributed by atoms with van der Waals surface area (Å²) in [6.07, 6.45) is 1.66. The Morgan fingerprint density at radius 2 is 1.79 bits per heavy atom. The van der Waals surface area contributed by atoms with Crippen LogP contribution in [0.15, 0.2) is 88.4 Å². The molecule has 0 unspecified atom stereocenters. The summed E-state index contributed by atoms with van der Waals surface area (Å²) in [6.45, 7) is 0.343. The molecule has 0 heterocycles. The van der Waals surface area contributed by atoms with E-state index in [9.17, 15) is 9.59 Å². The molecule has 4 aromatic rings. The van der Waals surface area contributed by atoms with E-state index >= 15 is 0 Å². The number of halogens is 1. The fraction of sp³-hybridized carbons (Fsp3) is 0.103. The topological polar surface area (TPSA) is 113 Å². The van der Waals surface area contributed by atoms with Crippen molar-refractivity contribution in [1.29, 1.82) is 5.26 Å². The quantitative estimate of drug-likeness (QED) is 0.168. The van der Waals surface area contributed by atoms with Crippen LogP contribution < -0.4 is 20.2 Å². The molecule has 0 aliphatic rings. The molecule has 0 saturated heterocycles. The molecule has 4 aromatic carbocycles. The van der Waals surface area contributed by atoms with E-state index in [-0.39, 0.29) is 6.42 Å². The number of amides is 2. The van der Waals surface area contributed by atoms with Gasteiger partial charge in [-0.05, 0) is 67.7 Å². The number of carbonyl (C=O) groups excluding carboxylic acids is 2. The summed E-state index contributed by atoms with van der Waals surface area (Å²) in [6, 6.07) is 26.3. The van der Waals surface area contributed by atoms with Crippen LogP contribution in [0, 0.1) is 11.3 Å². The third kappa shape index (κ3) is 6.55. The van der Waals surface area contributed by atoms with E-state index in [4.69, 9.17) is 14.7 Å². The first kappa shape index (κ1) is 26.4. The summed E-state index contributed by atoms with van der Waals surface area (Å²) in [5.74, 6) is -0.790. The highest BCUT2D eigenvalue weighted by Gasteiger charge is 2.14. The maximum atomic E-state index is 12.1. The molecule has 4 rings (SSSR count). The number of hydrogen-bond acceptors (Lipinski definition) is 6. The molecular formula is C29H23BrN4O4. The molecule has 0 saturated carbocycles. The molecule has 190 valence electrons. The third-order valence-corrected chi connectivity index (χ3v) is 6.17. The van der Waals surface area contributed by atoms with Crippen molar-refractivity contribution < 1.29 is 19.1 Å². The van der Waals surface area contributed by atoms with Crippen molar-refractivity contribution in [1.82, 2.24) is 5.43 Å². The van der Waals surface area contributed by atoms with E-state index in [0.717, 1.165) is 21.9 Å². The van der Waals surface area contributed by atoms with Crippen LogP contribution in [-0.4, -0.2) is 25.1 Å². The smallest absolute Gasteiger partial charge is 0.329 e. The molecular weight excluding hydrogens is 548 g/mol. The Morgan fingerprint density at radius 1 is 1.03 bits per heavy atom. The first-order valence-corrected chi connectivity index (χ1v) is 12.3. The maximum Gasteiger partial charge on any atom is 0.329 e. The number of nitrogens with zero attached hydrogens (tertiary/aromatic N) is 2. The van der Waals surface area contributed by atoms with Gasteiger partial charge in [-0.2, -0.15) is 10.4 Å². The summed E-state index contributed by atoms with van der Waals surface area (Å²) >= 11 is 3.52. The average molecular weight is 571 g/mol. The zero-order valence-electron chi connectivity index (χ0n) is 20.4. The van der Waals surface area contributed by atoms with Crippen LogP contribution >= 0.6 is 15.9 Å². The molecule has 2 N–H and O–H groups in total. The van der Waals surface area contributed by atoms with Crippen molar-refractivity contribution in [3.05, 3.63) is 100 Å². The van der Waals surface area contributed by atoms with Gasteiger partial charge in [-0.3, -0.25) is 9.59 Å². The highest BCUT2D eigenvalue weighted by molar-refractivity contribution is 9.10. The Labute approximate surface area is 228 Å². The predicted molar refractivity (Wildman–Crippen MR) is 149 cm³/mol. The van der Waals surface area contributed by atoms with Gasteiger partial charge in [0.2, 0.25) is 0 Å². The molecule has 9 heteroatoms. The Morgan fingerprint density at radius 3 is 2.55 bits per heavy atom. The standard InChI is InChI=1S/C29H23BrN4O4/c1-37-26-16-20(17-32-34-29(36)28(35)33-23-11-9-19(10-12-23)13-14-31)15-25(30)27(26)38-18-22-7-4-6-21-5-2-3-8-24(21)22/h2-12,15-17H,13,18H2,1H3,(H,33,35)(H,34,36). The minimum absolute atomic E-state index is 0.266. The lowest BCUT2D eigenvalue weighted by Crippen LogP contribution is -2.32. The molecule has 0 aliphatic carbocycles. The molecule has 0 spiro atoms. The molecule has 0 atom stereocenters. The van der Waals surface area contributed by atoms with Gasteiger partial charge in [0.15, 0.2) is 11.5 Å². The Kier molecular flexibility index (Phi) is 8.69. The first-order chi connectivity index (χ1) is 18.5. The second-order valence-electron chi connectivity index (χ2n) is 8.15. The summed E-state index contributed by atoms with van der Waals surface area (Å²) in [4.78, 5) is 24.3. The van der Waals surface area contributed by atoms with E-state index in [2.05, 4.69) is 50.0 Å². The lowest BCUT2D eigenvalue weighted by Gasteiger charge is -2.14. The zero-order valence-corrected chi connectivity index (χ0v) is 22.0. The third-order valence-electron chi connectivity index (χ3n) is 5.58. The number of fused-ring (bicyclic) bond motifs is 1. The van der Waals surface area contributed by atoms with E-state index in [1.54, 1.807) is 36.4 Å². The number of anilines is 1. The first-order valence-electron chi connectivity index (χ1n) is 11.6. The van der Waals surface area contributed by atoms with Crippen molar-refractivity contribution in [3.8, 4) is 17.6 Å². The number of methoxy groups -OCH3 is 1. The fourth-order valence-electron chi connectivity index (χ4n) is 3.72. The normalized spacial score (nSPS) is 10.7. The predicted octanol–water partition coefficient (Wildman–Crippen LogP) is 5.34. The highest BCUT2D eigenvalue weighted by Crippen LogP contribution is 2.37. The van der Waals surface area contributed by atoms with Crippen molar-refractivity contribution in [3.63, 3.8) is 0 Å². The Balaban J connectivity index is 1.38. The summed E-state index contributed by atoms with van der Waals surface area (Å²) in [7, 11) is 1.53. The summed E-state index contributed by atoms with van der Waals surface area (Å²) in [5.41, 5.74) is 5.11. The molecule has 0 aliphatic heterocycles. The second kappa shape index (κ2) is 12.5. The molecule has 0 radical (unpaired) electrons. The average Bonchev–Trinajstić information content (AvgIpc) is 2.93. The number of rotatable bonds is 8. The van der Waals surface area contributed by atoms with Crippen LogP contribution in [-0.2, 0) is 22.6 Å². The number of nitriles is 1. The zero-order chi connectivity index (χ0) is 26.9. The van der Waals surface area contributed by atoms with Gasteiger partial charge in [0, 0.05) is 5.69 Å². The van der Waals surface area contributed by atoms with E-state index in [1.165, 1.54) is 13.3 Å². The Bertz CT molecular complexity index is 1540. The molecule has 2 amide bonds. The van der Waals surface area contributed by atoms with Crippen LogP contribution in [0.1, 0.15) is 16.7 Å². The van der Waals surface area contributed by atoms with Gasteiger partial charge >= 0.3 is 11.8 Å². The van der Waals surface area contributed by atoms with Crippen LogP contribution in [0.2, 0.25) is 0 Å². The minimum atomic E-state index is -0.927. The summed E-state index contributed by atoms with van der Waals surface area (Å²) in [5, 5.41) is 17.3. The maximum absolute atomic E-state index is 12.1. The summed E-state index contributed by atoms with van der Waals surface area (Å²) < 4.78 is 12.3. The number of benzene rings is 4. The largest absolute Gasteiger partial charge is 0.493 e. The van der Waals surface area contributed by atoms with Gasteiger partial charge < -0.3 is 14.8 Å². The van der Waals surface area contributed by atoms with Crippen LogP contribution in [0.5, 0.6) is 11.5 Å². The highest BCUT2D eigenvalue weighted by atomic mass is 79.9. The van der Waals surface area contributed by atoms with Crippen LogP contribution in [0.25, 0.3) is 10.8 Å². The van der Waals surface area contributed by atoms with E-state index in [1.807, 2.05) is 30.3 Å². The van der Waals surface area contributed by atoms with E-state index < -0.39 is 11.8 Å². The number of nitrogens with one attached hydrogen (secondary N) is 2. The molecule has 0 fully saturated rings. The fourth-order valence-corrected chi connectivity index (χ4v) is 4.30. The van der Waals surface area contributed by atoms with Gasteiger partial charge in [0.25, 0.3) is 0 Å². The lowest BCUT2D eigenvalue weighted by molar-refractivity contribution is -0.136. The van der Waals surface area contributed by atoms with Crippen LogP contribution in [0.3, 0.4) is 0 Å².